The summed E-state index contributed by atoms with van der Waals surface area (Å²) in [4.78, 5) is 6.45. The van der Waals surface area contributed by atoms with Crippen molar-refractivity contribution in [1.29, 1.82) is 0 Å². The Labute approximate surface area is 112 Å². The van der Waals surface area contributed by atoms with E-state index in [9.17, 15) is 4.39 Å². The number of anilines is 1. The van der Waals surface area contributed by atoms with Gasteiger partial charge in [-0.2, -0.15) is 0 Å². The Balaban J connectivity index is 0.00000120. The molecule has 4 heteroatoms. The molecule has 3 rings (SSSR count). The maximum atomic E-state index is 14.3. The molecule has 0 unspecified atom stereocenters. The fourth-order valence-electron chi connectivity index (χ4n) is 2.54. The average Bonchev–Trinajstić information content (AvgIpc) is 2.84. The predicted molar refractivity (Wildman–Crippen MR) is 75.1 cm³/mol. The van der Waals surface area contributed by atoms with Crippen molar-refractivity contribution in [2.24, 2.45) is 0 Å². The van der Waals surface area contributed by atoms with Crippen LogP contribution in [0.15, 0.2) is 24.3 Å². The molecule has 0 saturated carbocycles. The summed E-state index contributed by atoms with van der Waals surface area (Å²) in [6, 6.07) is 7.79. The normalized spacial score (nSPS) is 14.9. The van der Waals surface area contributed by atoms with Crippen LogP contribution in [0.4, 0.5) is 10.1 Å². The summed E-state index contributed by atoms with van der Waals surface area (Å²) < 4.78 is 14.3. The van der Waals surface area contributed by atoms with Gasteiger partial charge in [-0.25, -0.2) is 9.37 Å². The molecule has 1 saturated heterocycles. The predicted octanol–water partition coefficient (Wildman–Crippen LogP) is 3.70. The van der Waals surface area contributed by atoms with E-state index in [-0.39, 0.29) is 18.2 Å². The van der Waals surface area contributed by atoms with Gasteiger partial charge in [-0.15, -0.1) is 12.4 Å². The molecule has 1 aliphatic heterocycles. The number of fused-ring (bicyclic) bond motifs is 1. The lowest BCUT2D eigenvalue weighted by atomic mass is 10.1. The summed E-state index contributed by atoms with van der Waals surface area (Å²) in [7, 11) is 0. The molecule has 0 bridgehead atoms. The fraction of sp³-hybridized carbons (Fsp3) is 0.357. The number of para-hydroxylation sites is 1. The molecule has 2 aromatic rings. The van der Waals surface area contributed by atoms with Crippen LogP contribution in [-0.2, 0) is 0 Å². The SMILES string of the molecule is Cc1nc2ccccc2c(N2CCCC2)c1F.Cl. The maximum absolute atomic E-state index is 14.3. The molecule has 0 atom stereocenters. The van der Waals surface area contributed by atoms with Gasteiger partial charge in [0, 0.05) is 18.5 Å². The molecule has 18 heavy (non-hydrogen) atoms. The minimum Gasteiger partial charge on any atom is -0.369 e. The van der Waals surface area contributed by atoms with Crippen LogP contribution in [0.3, 0.4) is 0 Å². The van der Waals surface area contributed by atoms with Gasteiger partial charge in [-0.3, -0.25) is 0 Å². The standard InChI is InChI=1S/C14H15FN2.ClH/c1-10-13(15)14(17-8-4-5-9-17)11-6-2-3-7-12(11)16-10;/h2-3,6-7H,4-5,8-9H2,1H3;1H. The molecule has 1 aromatic carbocycles. The smallest absolute Gasteiger partial charge is 0.168 e. The largest absolute Gasteiger partial charge is 0.369 e. The van der Waals surface area contributed by atoms with Gasteiger partial charge in [0.05, 0.1) is 16.9 Å². The minimum absolute atomic E-state index is 0. The van der Waals surface area contributed by atoms with E-state index in [4.69, 9.17) is 0 Å². The second-order valence-corrected chi connectivity index (χ2v) is 4.57. The Kier molecular flexibility index (Phi) is 3.71. The van der Waals surface area contributed by atoms with Gasteiger partial charge in [-0.1, -0.05) is 18.2 Å². The van der Waals surface area contributed by atoms with E-state index in [1.54, 1.807) is 6.92 Å². The zero-order valence-corrected chi connectivity index (χ0v) is 11.1. The number of halogens is 2. The van der Waals surface area contributed by atoms with Gasteiger partial charge in [-0.05, 0) is 25.8 Å². The number of aryl methyl sites for hydroxylation is 1. The number of aromatic nitrogens is 1. The summed E-state index contributed by atoms with van der Waals surface area (Å²) in [5.74, 6) is -0.161. The Hall–Kier alpha value is -1.35. The highest BCUT2D eigenvalue weighted by atomic mass is 35.5. The Morgan fingerprint density at radius 3 is 2.56 bits per heavy atom. The molecule has 0 aliphatic carbocycles. The van der Waals surface area contributed by atoms with Gasteiger partial charge >= 0.3 is 0 Å². The van der Waals surface area contributed by atoms with Crippen molar-refractivity contribution in [2.75, 3.05) is 18.0 Å². The highest BCUT2D eigenvalue weighted by molar-refractivity contribution is 5.92. The van der Waals surface area contributed by atoms with E-state index in [0.717, 1.165) is 42.5 Å². The zero-order chi connectivity index (χ0) is 11.8. The minimum atomic E-state index is -0.161. The third-order valence-electron chi connectivity index (χ3n) is 3.40. The molecule has 1 fully saturated rings. The number of pyridine rings is 1. The summed E-state index contributed by atoms with van der Waals surface area (Å²) in [6.45, 7) is 3.64. The molecular formula is C14H16ClFN2. The van der Waals surface area contributed by atoms with Crippen molar-refractivity contribution in [3.05, 3.63) is 35.8 Å². The molecule has 1 aromatic heterocycles. The molecule has 0 radical (unpaired) electrons. The molecule has 0 amide bonds. The first-order chi connectivity index (χ1) is 8.27. The van der Waals surface area contributed by atoms with E-state index in [1.165, 1.54) is 0 Å². The van der Waals surface area contributed by atoms with Crippen LogP contribution < -0.4 is 4.90 Å². The third-order valence-corrected chi connectivity index (χ3v) is 3.40. The number of rotatable bonds is 1. The lowest BCUT2D eigenvalue weighted by Gasteiger charge is -2.21. The summed E-state index contributed by atoms with van der Waals surface area (Å²) in [5.41, 5.74) is 2.12. The molecule has 0 spiro atoms. The quantitative estimate of drug-likeness (QED) is 0.782. The lowest BCUT2D eigenvalue weighted by Crippen LogP contribution is -2.20. The summed E-state index contributed by atoms with van der Waals surface area (Å²) in [5, 5.41) is 0.928. The van der Waals surface area contributed by atoms with Gasteiger partial charge < -0.3 is 4.90 Å². The van der Waals surface area contributed by atoms with Crippen LogP contribution in [0.5, 0.6) is 0 Å². The van der Waals surface area contributed by atoms with Crippen molar-refractivity contribution < 1.29 is 4.39 Å². The van der Waals surface area contributed by atoms with Crippen LogP contribution in [0.2, 0.25) is 0 Å². The number of hydrogen-bond acceptors (Lipinski definition) is 2. The van der Waals surface area contributed by atoms with E-state index in [0.29, 0.717) is 5.69 Å². The number of hydrogen-bond donors (Lipinski definition) is 0. The first-order valence-electron chi connectivity index (χ1n) is 6.07. The van der Waals surface area contributed by atoms with E-state index < -0.39 is 0 Å². The Bertz CT molecular complexity index is 565. The highest BCUT2D eigenvalue weighted by Gasteiger charge is 2.20. The number of nitrogens with zero attached hydrogens (tertiary/aromatic N) is 2. The third kappa shape index (κ3) is 2.03. The van der Waals surface area contributed by atoms with Gasteiger partial charge in [0.15, 0.2) is 5.82 Å². The van der Waals surface area contributed by atoms with Gasteiger partial charge in [0.2, 0.25) is 0 Å². The molecule has 2 heterocycles. The van der Waals surface area contributed by atoms with E-state index in [1.807, 2.05) is 24.3 Å². The topological polar surface area (TPSA) is 16.1 Å². The first-order valence-corrected chi connectivity index (χ1v) is 6.07. The van der Waals surface area contributed by atoms with Crippen LogP contribution >= 0.6 is 12.4 Å². The molecular weight excluding hydrogens is 251 g/mol. The second kappa shape index (κ2) is 5.11. The van der Waals surface area contributed by atoms with Gasteiger partial charge in [0.25, 0.3) is 0 Å². The number of benzene rings is 1. The molecule has 2 nitrogen and oxygen atoms in total. The van der Waals surface area contributed by atoms with Crippen molar-refractivity contribution in [1.82, 2.24) is 4.98 Å². The highest BCUT2D eigenvalue weighted by Crippen LogP contribution is 2.32. The molecule has 96 valence electrons. The van der Waals surface area contributed by atoms with Crippen molar-refractivity contribution in [3.63, 3.8) is 0 Å². The van der Waals surface area contributed by atoms with E-state index in [2.05, 4.69) is 9.88 Å². The summed E-state index contributed by atoms with van der Waals surface area (Å²) >= 11 is 0. The van der Waals surface area contributed by atoms with Crippen LogP contribution in [0, 0.1) is 12.7 Å². The van der Waals surface area contributed by atoms with Crippen molar-refractivity contribution >= 4 is 29.0 Å². The van der Waals surface area contributed by atoms with Crippen molar-refractivity contribution in [3.8, 4) is 0 Å². The van der Waals surface area contributed by atoms with Crippen molar-refractivity contribution in [2.45, 2.75) is 19.8 Å². The fourth-order valence-corrected chi connectivity index (χ4v) is 2.54. The monoisotopic (exact) mass is 266 g/mol. The first kappa shape index (κ1) is 13.1. The van der Waals surface area contributed by atoms with Crippen LogP contribution in [0.1, 0.15) is 18.5 Å². The maximum Gasteiger partial charge on any atom is 0.168 e. The molecule has 1 aliphatic rings. The summed E-state index contributed by atoms with van der Waals surface area (Å²) in [6.07, 6.45) is 2.30. The van der Waals surface area contributed by atoms with Crippen LogP contribution in [0.25, 0.3) is 10.9 Å². The van der Waals surface area contributed by atoms with Crippen LogP contribution in [-0.4, -0.2) is 18.1 Å². The van der Waals surface area contributed by atoms with Gasteiger partial charge in [0.1, 0.15) is 0 Å². The zero-order valence-electron chi connectivity index (χ0n) is 10.3. The molecule has 0 N–H and O–H groups in total. The van der Waals surface area contributed by atoms with E-state index >= 15 is 0 Å². The lowest BCUT2D eigenvalue weighted by molar-refractivity contribution is 0.609. The Morgan fingerprint density at radius 1 is 1.17 bits per heavy atom. The Morgan fingerprint density at radius 2 is 1.83 bits per heavy atom. The second-order valence-electron chi connectivity index (χ2n) is 4.57. The average molecular weight is 267 g/mol.